The molecule has 0 unspecified atom stereocenters. The first-order chi connectivity index (χ1) is 9.33. The topological polar surface area (TPSA) is 51.8 Å². The number of aromatic nitrogens is 3. The first-order valence-electron chi connectivity index (χ1n) is 5.43. The van der Waals surface area contributed by atoms with Crippen LogP contribution in [0, 0.1) is 0 Å². The highest BCUT2D eigenvalue weighted by atomic mass is 35.5. The summed E-state index contributed by atoms with van der Waals surface area (Å²) in [5.74, 6) is 1.76. The van der Waals surface area contributed by atoms with Crippen molar-refractivity contribution in [3.63, 3.8) is 0 Å². The second-order valence-electron chi connectivity index (χ2n) is 3.57. The Balaban J connectivity index is 1.70. The van der Waals surface area contributed by atoms with Crippen LogP contribution in [0.15, 0.2) is 45.4 Å². The van der Waals surface area contributed by atoms with Gasteiger partial charge in [-0.05, 0) is 23.6 Å². The van der Waals surface area contributed by atoms with Gasteiger partial charge in [-0.1, -0.05) is 34.6 Å². The molecule has 0 amide bonds. The highest BCUT2D eigenvalue weighted by Crippen LogP contribution is 2.28. The summed E-state index contributed by atoms with van der Waals surface area (Å²) in [6, 6.07) is 7.51. The van der Waals surface area contributed by atoms with Crippen LogP contribution in [0.1, 0.15) is 5.82 Å². The maximum Gasteiger partial charge on any atom is 0.268 e. The van der Waals surface area contributed by atoms with Crippen molar-refractivity contribution in [2.45, 2.75) is 10.8 Å². The van der Waals surface area contributed by atoms with E-state index in [1.807, 2.05) is 23.6 Å². The Morgan fingerprint density at radius 2 is 2.26 bits per heavy atom. The van der Waals surface area contributed by atoms with Gasteiger partial charge < -0.3 is 4.52 Å². The molecule has 7 heteroatoms. The molecule has 19 heavy (non-hydrogen) atoms. The highest BCUT2D eigenvalue weighted by Gasteiger charge is 2.10. The second-order valence-corrected chi connectivity index (χ2v) is 5.89. The van der Waals surface area contributed by atoms with Crippen LogP contribution in [0.5, 0.6) is 0 Å². The Hall–Kier alpha value is -1.37. The molecule has 3 heterocycles. The average molecular weight is 310 g/mol. The minimum atomic E-state index is 0.553. The molecule has 0 atom stereocenters. The maximum atomic E-state index is 6.03. The standard InChI is InChI=1S/C12H8ClN3OS2/c13-8-3-1-5-14-12(8)19-7-10-15-11(17-16-10)9-4-2-6-18-9/h1-6H,7H2. The van der Waals surface area contributed by atoms with Gasteiger partial charge in [0.1, 0.15) is 5.03 Å². The molecule has 0 radical (unpaired) electrons. The van der Waals surface area contributed by atoms with Gasteiger partial charge >= 0.3 is 0 Å². The van der Waals surface area contributed by atoms with Crippen molar-refractivity contribution in [3.8, 4) is 10.8 Å². The van der Waals surface area contributed by atoms with Crippen LogP contribution in [-0.2, 0) is 5.75 Å². The fourth-order valence-corrected chi connectivity index (χ4v) is 3.08. The Labute approximate surface area is 122 Å². The Bertz CT molecular complexity index is 669. The molecule has 0 fully saturated rings. The third-order valence-corrected chi connectivity index (χ3v) is 4.54. The molecule has 0 saturated heterocycles. The molecule has 3 aromatic rings. The van der Waals surface area contributed by atoms with E-state index in [-0.39, 0.29) is 0 Å². The number of halogens is 1. The predicted octanol–water partition coefficient (Wildman–Crippen LogP) is 4.14. The summed E-state index contributed by atoms with van der Waals surface area (Å²) in [7, 11) is 0. The van der Waals surface area contributed by atoms with E-state index < -0.39 is 0 Å². The van der Waals surface area contributed by atoms with Gasteiger partial charge in [0.05, 0.1) is 15.7 Å². The zero-order valence-electron chi connectivity index (χ0n) is 9.62. The summed E-state index contributed by atoms with van der Waals surface area (Å²) < 4.78 is 5.21. The predicted molar refractivity (Wildman–Crippen MR) is 76.4 cm³/mol. The lowest BCUT2D eigenvalue weighted by Gasteiger charge is -1.98. The van der Waals surface area contributed by atoms with Crippen LogP contribution in [0.25, 0.3) is 10.8 Å². The Morgan fingerprint density at radius 1 is 1.32 bits per heavy atom. The highest BCUT2D eigenvalue weighted by molar-refractivity contribution is 7.98. The normalized spacial score (nSPS) is 10.8. The number of thiophene rings is 1. The van der Waals surface area contributed by atoms with Crippen molar-refractivity contribution in [1.29, 1.82) is 0 Å². The summed E-state index contributed by atoms with van der Waals surface area (Å²) in [6.07, 6.45) is 1.71. The van der Waals surface area contributed by atoms with Crippen LogP contribution in [-0.4, -0.2) is 15.1 Å². The molecule has 3 aromatic heterocycles. The summed E-state index contributed by atoms with van der Waals surface area (Å²) in [6.45, 7) is 0. The summed E-state index contributed by atoms with van der Waals surface area (Å²) in [5.41, 5.74) is 0. The summed E-state index contributed by atoms with van der Waals surface area (Å²) in [4.78, 5) is 9.51. The molecular weight excluding hydrogens is 302 g/mol. The van der Waals surface area contributed by atoms with E-state index in [0.717, 1.165) is 9.90 Å². The number of nitrogens with zero attached hydrogens (tertiary/aromatic N) is 3. The van der Waals surface area contributed by atoms with Crippen LogP contribution in [0.3, 0.4) is 0 Å². The van der Waals surface area contributed by atoms with Crippen molar-refractivity contribution >= 4 is 34.7 Å². The molecule has 96 valence electrons. The van der Waals surface area contributed by atoms with Gasteiger partial charge in [-0.3, -0.25) is 0 Å². The van der Waals surface area contributed by atoms with Crippen molar-refractivity contribution in [2.24, 2.45) is 0 Å². The molecule has 0 aliphatic carbocycles. The largest absolute Gasteiger partial charge is 0.333 e. The lowest BCUT2D eigenvalue weighted by molar-refractivity contribution is 0.426. The number of hydrogen-bond acceptors (Lipinski definition) is 6. The fourth-order valence-electron chi connectivity index (χ4n) is 1.42. The van der Waals surface area contributed by atoms with Gasteiger partial charge in [0.15, 0.2) is 5.82 Å². The molecule has 0 spiro atoms. The third kappa shape index (κ3) is 2.97. The number of pyridine rings is 1. The zero-order chi connectivity index (χ0) is 13.1. The molecule has 0 N–H and O–H groups in total. The third-order valence-electron chi connectivity index (χ3n) is 2.26. The van der Waals surface area contributed by atoms with Crippen LogP contribution in [0.4, 0.5) is 0 Å². The van der Waals surface area contributed by atoms with Crippen molar-refractivity contribution in [3.05, 3.63) is 46.7 Å². The van der Waals surface area contributed by atoms with E-state index in [2.05, 4.69) is 15.1 Å². The summed E-state index contributed by atoms with van der Waals surface area (Å²) in [5, 5.41) is 7.32. The van der Waals surface area contributed by atoms with E-state index in [1.54, 1.807) is 23.6 Å². The Kier molecular flexibility index (Phi) is 3.82. The lowest BCUT2D eigenvalue weighted by Crippen LogP contribution is -1.86. The number of rotatable bonds is 4. The van der Waals surface area contributed by atoms with E-state index in [9.17, 15) is 0 Å². The molecule has 0 saturated carbocycles. The molecule has 4 nitrogen and oxygen atoms in total. The fraction of sp³-hybridized carbons (Fsp3) is 0.0833. The first kappa shape index (κ1) is 12.7. The van der Waals surface area contributed by atoms with Crippen molar-refractivity contribution in [2.75, 3.05) is 0 Å². The number of thioether (sulfide) groups is 1. The second kappa shape index (κ2) is 5.73. The minimum Gasteiger partial charge on any atom is -0.333 e. The molecule has 0 aromatic carbocycles. The minimum absolute atomic E-state index is 0.553. The quantitative estimate of drug-likeness (QED) is 0.678. The molecule has 0 aliphatic rings. The van der Waals surface area contributed by atoms with Gasteiger partial charge in [0.2, 0.25) is 0 Å². The van der Waals surface area contributed by atoms with Gasteiger partial charge in [0, 0.05) is 6.20 Å². The van der Waals surface area contributed by atoms with Gasteiger partial charge in [0.25, 0.3) is 5.89 Å². The van der Waals surface area contributed by atoms with Crippen molar-refractivity contribution < 1.29 is 4.52 Å². The van der Waals surface area contributed by atoms with E-state index in [0.29, 0.717) is 22.5 Å². The zero-order valence-corrected chi connectivity index (χ0v) is 12.0. The molecule has 3 rings (SSSR count). The monoisotopic (exact) mass is 309 g/mol. The molecular formula is C12H8ClN3OS2. The van der Waals surface area contributed by atoms with Crippen LogP contribution in [0.2, 0.25) is 5.02 Å². The van der Waals surface area contributed by atoms with Gasteiger partial charge in [-0.2, -0.15) is 4.98 Å². The van der Waals surface area contributed by atoms with Crippen molar-refractivity contribution in [1.82, 2.24) is 15.1 Å². The van der Waals surface area contributed by atoms with Crippen LogP contribution >= 0.6 is 34.7 Å². The van der Waals surface area contributed by atoms with Gasteiger partial charge in [-0.25, -0.2) is 4.98 Å². The number of hydrogen-bond donors (Lipinski definition) is 0. The van der Waals surface area contributed by atoms with Crippen LogP contribution < -0.4 is 0 Å². The maximum absolute atomic E-state index is 6.03. The molecule has 0 bridgehead atoms. The molecule has 0 aliphatic heterocycles. The smallest absolute Gasteiger partial charge is 0.268 e. The van der Waals surface area contributed by atoms with E-state index in [1.165, 1.54) is 11.8 Å². The van der Waals surface area contributed by atoms with Gasteiger partial charge in [-0.15, -0.1) is 11.3 Å². The van der Waals surface area contributed by atoms with E-state index in [4.69, 9.17) is 16.1 Å². The first-order valence-corrected chi connectivity index (χ1v) is 7.67. The van der Waals surface area contributed by atoms with E-state index >= 15 is 0 Å². The SMILES string of the molecule is Clc1cccnc1SCc1noc(-c2cccs2)n1. The summed E-state index contributed by atoms with van der Waals surface area (Å²) >= 11 is 9.09. The average Bonchev–Trinajstić information content (AvgIpc) is 3.09. The lowest BCUT2D eigenvalue weighted by atomic mass is 10.5. The Morgan fingerprint density at radius 3 is 3.05 bits per heavy atom.